The van der Waals surface area contributed by atoms with Gasteiger partial charge in [0, 0.05) is 17.3 Å². The molecule has 7 nitrogen and oxygen atoms in total. The van der Waals surface area contributed by atoms with E-state index in [4.69, 9.17) is 4.74 Å². The molecule has 0 aliphatic carbocycles. The maximum atomic E-state index is 13.3. The van der Waals surface area contributed by atoms with E-state index in [0.29, 0.717) is 17.0 Å². The monoisotopic (exact) mass is 448 g/mol. The van der Waals surface area contributed by atoms with Crippen LogP contribution in [0.15, 0.2) is 99.6 Å². The number of hydrogen-bond acceptors (Lipinski definition) is 5. The number of anilines is 1. The van der Waals surface area contributed by atoms with Crippen LogP contribution in [0.1, 0.15) is 0 Å². The molecule has 3 aromatic carbocycles. The molecule has 0 bridgehead atoms. The number of benzene rings is 3. The van der Waals surface area contributed by atoms with E-state index in [1.807, 2.05) is 6.07 Å². The van der Waals surface area contributed by atoms with Crippen molar-refractivity contribution in [3.8, 4) is 5.75 Å². The lowest BCUT2D eigenvalue weighted by Crippen LogP contribution is -2.23. The number of hydrogen-bond donors (Lipinski definition) is 1. The number of fused-ring (bicyclic) bond motifs is 1. The van der Waals surface area contributed by atoms with Gasteiger partial charge in [-0.2, -0.15) is 0 Å². The minimum Gasteiger partial charge on any atom is -0.497 e. The Hall–Kier alpha value is -3.91. The van der Waals surface area contributed by atoms with Crippen LogP contribution < -0.4 is 15.5 Å². The summed E-state index contributed by atoms with van der Waals surface area (Å²) in [5, 5.41) is 2.99. The molecule has 162 valence electrons. The number of methoxy groups -OCH3 is 1. The van der Waals surface area contributed by atoms with Crippen LogP contribution in [0.2, 0.25) is 0 Å². The molecule has 0 unspecified atom stereocenters. The molecule has 0 saturated heterocycles. The molecule has 4 aromatic rings. The van der Waals surface area contributed by atoms with E-state index in [2.05, 4.69) is 5.32 Å². The van der Waals surface area contributed by atoms with E-state index in [-0.39, 0.29) is 22.7 Å². The molecule has 0 atom stereocenters. The van der Waals surface area contributed by atoms with Crippen molar-refractivity contribution in [2.45, 2.75) is 16.3 Å². The van der Waals surface area contributed by atoms with Crippen molar-refractivity contribution < 1.29 is 17.9 Å². The Labute approximate surface area is 184 Å². The molecule has 0 fully saturated rings. The number of nitrogens with one attached hydrogen (secondary N) is 1. The number of carbonyl (C=O) groups excluding carboxylic acids is 1. The van der Waals surface area contributed by atoms with Gasteiger partial charge in [0.2, 0.25) is 21.2 Å². The number of rotatable bonds is 6. The summed E-state index contributed by atoms with van der Waals surface area (Å²) in [4.78, 5) is 25.3. The van der Waals surface area contributed by atoms with E-state index in [1.54, 1.807) is 48.5 Å². The summed E-state index contributed by atoms with van der Waals surface area (Å²) in [5.74, 6) is 0.148. The number of ether oxygens (including phenoxy) is 1. The predicted molar refractivity (Wildman–Crippen MR) is 122 cm³/mol. The van der Waals surface area contributed by atoms with Crippen molar-refractivity contribution in [3.05, 3.63) is 95.3 Å². The lowest BCUT2D eigenvalue weighted by atomic mass is 10.2. The Kier molecular flexibility index (Phi) is 5.79. The van der Waals surface area contributed by atoms with Crippen LogP contribution in [0.25, 0.3) is 10.9 Å². The molecule has 0 radical (unpaired) electrons. The number of amides is 1. The predicted octanol–water partition coefficient (Wildman–Crippen LogP) is 3.48. The fourth-order valence-corrected chi connectivity index (χ4v) is 4.77. The van der Waals surface area contributed by atoms with Gasteiger partial charge in [-0.25, -0.2) is 8.42 Å². The fraction of sp³-hybridized carbons (Fsp3) is 0.0833. The van der Waals surface area contributed by atoms with E-state index >= 15 is 0 Å². The van der Waals surface area contributed by atoms with Crippen LogP contribution in [0, 0.1) is 0 Å². The van der Waals surface area contributed by atoms with Gasteiger partial charge in [0.05, 0.1) is 17.5 Å². The third-order valence-electron chi connectivity index (χ3n) is 4.99. The average Bonchev–Trinajstić information content (AvgIpc) is 2.81. The molecule has 1 amide bonds. The first-order valence-electron chi connectivity index (χ1n) is 9.76. The number of pyridine rings is 1. The van der Waals surface area contributed by atoms with E-state index < -0.39 is 20.2 Å². The molecule has 0 spiro atoms. The van der Waals surface area contributed by atoms with Crippen LogP contribution in [0.5, 0.6) is 5.75 Å². The molecule has 0 saturated carbocycles. The van der Waals surface area contributed by atoms with Gasteiger partial charge in [0.15, 0.2) is 0 Å². The summed E-state index contributed by atoms with van der Waals surface area (Å²) in [7, 11) is -2.65. The highest BCUT2D eigenvalue weighted by atomic mass is 32.2. The van der Waals surface area contributed by atoms with Crippen LogP contribution in [0.4, 0.5) is 5.69 Å². The molecule has 0 aliphatic heterocycles. The van der Waals surface area contributed by atoms with Gasteiger partial charge in [0.25, 0.3) is 0 Å². The Balaban J connectivity index is 1.79. The zero-order valence-electron chi connectivity index (χ0n) is 17.2. The quantitative estimate of drug-likeness (QED) is 0.487. The Bertz CT molecular complexity index is 1440. The third-order valence-corrected chi connectivity index (χ3v) is 6.75. The van der Waals surface area contributed by atoms with Crippen LogP contribution in [-0.4, -0.2) is 26.0 Å². The van der Waals surface area contributed by atoms with E-state index in [0.717, 1.165) is 0 Å². The summed E-state index contributed by atoms with van der Waals surface area (Å²) >= 11 is 0. The highest BCUT2D eigenvalue weighted by Crippen LogP contribution is 2.23. The zero-order chi connectivity index (χ0) is 22.7. The normalized spacial score (nSPS) is 11.3. The van der Waals surface area contributed by atoms with Gasteiger partial charge in [-0.05, 0) is 48.5 Å². The van der Waals surface area contributed by atoms with E-state index in [9.17, 15) is 18.0 Å². The highest BCUT2D eigenvalue weighted by Gasteiger charge is 2.24. The number of carbonyl (C=O) groups is 1. The second kappa shape index (κ2) is 8.68. The Morgan fingerprint density at radius 2 is 1.59 bits per heavy atom. The minimum atomic E-state index is -4.12. The van der Waals surface area contributed by atoms with Gasteiger partial charge in [-0.1, -0.05) is 30.3 Å². The van der Waals surface area contributed by atoms with Gasteiger partial charge < -0.3 is 14.6 Å². The van der Waals surface area contributed by atoms with Crippen LogP contribution in [0.3, 0.4) is 0 Å². The molecule has 8 heteroatoms. The van der Waals surface area contributed by atoms with E-state index in [1.165, 1.54) is 42.1 Å². The second-order valence-electron chi connectivity index (χ2n) is 7.06. The number of nitrogens with zero attached hydrogens (tertiary/aromatic N) is 1. The highest BCUT2D eigenvalue weighted by molar-refractivity contribution is 7.91. The minimum absolute atomic E-state index is 0.0361. The van der Waals surface area contributed by atoms with Gasteiger partial charge in [0.1, 0.15) is 17.2 Å². The largest absolute Gasteiger partial charge is 0.497 e. The van der Waals surface area contributed by atoms with Crippen LogP contribution in [-0.2, 0) is 21.2 Å². The molecule has 1 N–H and O–H groups in total. The maximum Gasteiger partial charge on any atom is 0.244 e. The Morgan fingerprint density at radius 3 is 2.28 bits per heavy atom. The first-order chi connectivity index (χ1) is 15.4. The first kappa shape index (κ1) is 21.3. The van der Waals surface area contributed by atoms with Crippen molar-refractivity contribution in [2.75, 3.05) is 12.4 Å². The standard InChI is InChI=1S/C24H20N2O5S/c1-31-18-11-13-19(14-12-18)32(29,30)22-15-26(21-10-6-5-9-20(21)24(22)28)16-23(27)25-17-7-3-2-4-8-17/h2-15H,16H2,1H3,(H,25,27). The fourth-order valence-electron chi connectivity index (χ4n) is 3.40. The Morgan fingerprint density at radius 1 is 0.938 bits per heavy atom. The second-order valence-corrected chi connectivity index (χ2v) is 8.98. The van der Waals surface area contributed by atoms with Gasteiger partial charge >= 0.3 is 0 Å². The average molecular weight is 449 g/mol. The molecular formula is C24H20N2O5S. The van der Waals surface area contributed by atoms with Crippen molar-refractivity contribution >= 4 is 32.3 Å². The number of sulfone groups is 1. The first-order valence-corrected chi connectivity index (χ1v) is 11.2. The molecule has 1 heterocycles. The third kappa shape index (κ3) is 4.13. The summed E-state index contributed by atoms with van der Waals surface area (Å²) < 4.78 is 33.1. The summed E-state index contributed by atoms with van der Waals surface area (Å²) in [6.45, 7) is -0.166. The smallest absolute Gasteiger partial charge is 0.244 e. The molecule has 4 rings (SSSR count). The van der Waals surface area contributed by atoms with Gasteiger partial charge in [-0.3, -0.25) is 9.59 Å². The van der Waals surface area contributed by atoms with Crippen molar-refractivity contribution in [1.82, 2.24) is 4.57 Å². The summed E-state index contributed by atoms with van der Waals surface area (Å²) in [6, 6.07) is 21.3. The summed E-state index contributed by atoms with van der Waals surface area (Å²) in [6.07, 6.45) is 1.23. The summed E-state index contributed by atoms with van der Waals surface area (Å²) in [5.41, 5.74) is 0.472. The molecule has 0 aliphatic rings. The van der Waals surface area contributed by atoms with Crippen molar-refractivity contribution in [1.29, 1.82) is 0 Å². The molecule has 1 aromatic heterocycles. The van der Waals surface area contributed by atoms with Gasteiger partial charge in [-0.15, -0.1) is 0 Å². The van der Waals surface area contributed by atoms with Crippen molar-refractivity contribution in [2.24, 2.45) is 0 Å². The zero-order valence-corrected chi connectivity index (χ0v) is 18.0. The van der Waals surface area contributed by atoms with Crippen molar-refractivity contribution in [3.63, 3.8) is 0 Å². The lowest BCUT2D eigenvalue weighted by molar-refractivity contribution is -0.116. The molecule has 32 heavy (non-hydrogen) atoms. The van der Waals surface area contributed by atoms with Crippen LogP contribution >= 0.6 is 0 Å². The number of aromatic nitrogens is 1. The maximum absolute atomic E-state index is 13.3. The SMILES string of the molecule is COc1ccc(S(=O)(=O)c2cn(CC(=O)Nc3ccccc3)c3ccccc3c2=O)cc1. The topological polar surface area (TPSA) is 94.5 Å². The molecular weight excluding hydrogens is 428 g/mol. The number of para-hydroxylation sites is 2. The lowest BCUT2D eigenvalue weighted by Gasteiger charge is -2.14.